The zero-order valence-corrected chi connectivity index (χ0v) is 16.3. The third-order valence-electron chi connectivity index (χ3n) is 4.15. The topological polar surface area (TPSA) is 59.2 Å². The average Bonchev–Trinajstić information content (AvgIpc) is 3.22. The highest BCUT2D eigenvalue weighted by atomic mass is 35.5. The third-order valence-corrected chi connectivity index (χ3v) is 5.43. The van der Waals surface area contributed by atoms with E-state index in [4.69, 9.17) is 16.0 Å². The zero-order valence-electron chi connectivity index (χ0n) is 14.8. The van der Waals surface area contributed by atoms with Crippen molar-refractivity contribution in [2.75, 3.05) is 4.90 Å². The van der Waals surface area contributed by atoms with Crippen molar-refractivity contribution in [2.24, 2.45) is 0 Å². The predicted octanol–water partition coefficient (Wildman–Crippen LogP) is 5.40. The van der Waals surface area contributed by atoms with Gasteiger partial charge in [0.15, 0.2) is 5.13 Å². The molecule has 4 aromatic rings. The van der Waals surface area contributed by atoms with Crippen molar-refractivity contribution in [1.82, 2.24) is 9.97 Å². The molecule has 0 spiro atoms. The quantitative estimate of drug-likeness (QED) is 0.462. The van der Waals surface area contributed by atoms with E-state index in [1.807, 2.05) is 31.2 Å². The standard InChI is InChI=1S/C20H16ClN3O2S/c1-12-8-16(13(2)26-12)19(25)24(11-14-4-3-7-22-10-14)20-23-17-6-5-15(21)9-18(17)27-20/h3-10H,11H2,1-2H3. The smallest absolute Gasteiger partial charge is 0.263 e. The van der Waals surface area contributed by atoms with Crippen LogP contribution in [0.1, 0.15) is 27.4 Å². The van der Waals surface area contributed by atoms with Crippen LogP contribution in [0, 0.1) is 13.8 Å². The number of amides is 1. The number of pyridine rings is 1. The van der Waals surface area contributed by atoms with E-state index in [-0.39, 0.29) is 5.91 Å². The molecule has 0 radical (unpaired) electrons. The van der Waals surface area contributed by atoms with Gasteiger partial charge >= 0.3 is 0 Å². The first kappa shape index (κ1) is 17.7. The number of anilines is 1. The summed E-state index contributed by atoms with van der Waals surface area (Å²) in [6.07, 6.45) is 3.46. The molecular weight excluding hydrogens is 382 g/mol. The average molecular weight is 398 g/mol. The van der Waals surface area contributed by atoms with Gasteiger partial charge in [-0.2, -0.15) is 0 Å². The first-order chi connectivity index (χ1) is 13.0. The van der Waals surface area contributed by atoms with Crippen LogP contribution in [0.2, 0.25) is 5.02 Å². The number of fused-ring (bicyclic) bond motifs is 1. The number of carbonyl (C=O) groups excluding carboxylic acids is 1. The highest BCUT2D eigenvalue weighted by molar-refractivity contribution is 7.22. The largest absolute Gasteiger partial charge is 0.466 e. The molecule has 0 N–H and O–H groups in total. The summed E-state index contributed by atoms with van der Waals surface area (Å²) < 4.78 is 6.48. The molecule has 0 aliphatic rings. The van der Waals surface area contributed by atoms with Crippen LogP contribution in [0.15, 0.2) is 53.2 Å². The van der Waals surface area contributed by atoms with Gasteiger partial charge in [-0.15, -0.1) is 0 Å². The van der Waals surface area contributed by atoms with Crippen LogP contribution in [-0.4, -0.2) is 15.9 Å². The first-order valence-electron chi connectivity index (χ1n) is 8.35. The molecule has 5 nitrogen and oxygen atoms in total. The van der Waals surface area contributed by atoms with Gasteiger partial charge in [-0.1, -0.05) is 29.0 Å². The van der Waals surface area contributed by atoms with Crippen LogP contribution in [0.25, 0.3) is 10.2 Å². The van der Waals surface area contributed by atoms with Crippen LogP contribution in [-0.2, 0) is 6.54 Å². The van der Waals surface area contributed by atoms with E-state index < -0.39 is 0 Å². The molecule has 0 atom stereocenters. The van der Waals surface area contributed by atoms with E-state index >= 15 is 0 Å². The first-order valence-corrected chi connectivity index (χ1v) is 9.54. The van der Waals surface area contributed by atoms with Crippen molar-refractivity contribution >= 4 is 44.2 Å². The number of hydrogen-bond acceptors (Lipinski definition) is 5. The molecule has 27 heavy (non-hydrogen) atoms. The minimum Gasteiger partial charge on any atom is -0.466 e. The lowest BCUT2D eigenvalue weighted by molar-refractivity contribution is 0.0983. The van der Waals surface area contributed by atoms with Crippen molar-refractivity contribution in [1.29, 1.82) is 0 Å². The summed E-state index contributed by atoms with van der Waals surface area (Å²) in [6, 6.07) is 11.1. The van der Waals surface area contributed by atoms with E-state index in [1.54, 1.807) is 36.4 Å². The number of aromatic nitrogens is 2. The Bertz CT molecular complexity index is 1120. The number of hydrogen-bond donors (Lipinski definition) is 0. The lowest BCUT2D eigenvalue weighted by atomic mass is 10.2. The fourth-order valence-corrected chi connectivity index (χ4v) is 4.13. The predicted molar refractivity (Wildman–Crippen MR) is 108 cm³/mol. The van der Waals surface area contributed by atoms with Gasteiger partial charge in [-0.3, -0.25) is 14.7 Å². The summed E-state index contributed by atoms with van der Waals surface area (Å²) in [5.41, 5.74) is 2.26. The highest BCUT2D eigenvalue weighted by Gasteiger charge is 2.25. The maximum atomic E-state index is 13.3. The minimum absolute atomic E-state index is 0.154. The Morgan fingerprint density at radius 2 is 2.11 bits per heavy atom. The van der Waals surface area contributed by atoms with Crippen LogP contribution < -0.4 is 4.90 Å². The summed E-state index contributed by atoms with van der Waals surface area (Å²) >= 11 is 7.53. The molecular formula is C20H16ClN3O2S. The molecule has 0 aliphatic heterocycles. The molecule has 7 heteroatoms. The number of thiazole rings is 1. The Hall–Kier alpha value is -2.70. The molecule has 4 rings (SSSR count). The van der Waals surface area contributed by atoms with E-state index in [0.717, 1.165) is 15.8 Å². The molecule has 0 bridgehead atoms. The summed E-state index contributed by atoms with van der Waals surface area (Å²) in [4.78, 5) is 23.8. The summed E-state index contributed by atoms with van der Waals surface area (Å²) in [7, 11) is 0. The minimum atomic E-state index is -0.154. The second-order valence-corrected chi connectivity index (χ2v) is 7.63. The van der Waals surface area contributed by atoms with E-state index in [0.29, 0.717) is 33.8 Å². The fraction of sp³-hybridized carbons (Fsp3) is 0.150. The molecule has 3 heterocycles. The van der Waals surface area contributed by atoms with Crippen molar-refractivity contribution in [3.63, 3.8) is 0 Å². The Balaban J connectivity index is 1.79. The van der Waals surface area contributed by atoms with Gasteiger partial charge in [-0.25, -0.2) is 4.98 Å². The van der Waals surface area contributed by atoms with Crippen molar-refractivity contribution in [3.05, 3.63) is 76.5 Å². The molecule has 1 amide bonds. The Kier molecular flexibility index (Phi) is 4.68. The second kappa shape index (κ2) is 7.13. The summed E-state index contributed by atoms with van der Waals surface area (Å²) in [6.45, 7) is 3.99. The number of furan rings is 1. The Morgan fingerprint density at radius 3 is 2.81 bits per heavy atom. The van der Waals surface area contributed by atoms with Crippen LogP contribution in [0.3, 0.4) is 0 Å². The molecule has 3 aromatic heterocycles. The summed E-state index contributed by atoms with van der Waals surface area (Å²) in [5.74, 6) is 1.14. The van der Waals surface area contributed by atoms with Crippen molar-refractivity contribution < 1.29 is 9.21 Å². The van der Waals surface area contributed by atoms with Gasteiger partial charge in [0.05, 0.1) is 22.3 Å². The Labute approximate surface area is 165 Å². The highest BCUT2D eigenvalue weighted by Crippen LogP contribution is 2.33. The number of carbonyl (C=O) groups is 1. The normalized spacial score (nSPS) is 11.1. The molecule has 0 unspecified atom stereocenters. The molecule has 0 saturated carbocycles. The maximum absolute atomic E-state index is 13.3. The lowest BCUT2D eigenvalue weighted by Gasteiger charge is -2.19. The van der Waals surface area contributed by atoms with Gasteiger partial charge in [0.25, 0.3) is 5.91 Å². The number of aryl methyl sites for hydroxylation is 2. The molecule has 136 valence electrons. The molecule has 1 aromatic carbocycles. The number of nitrogens with zero attached hydrogens (tertiary/aromatic N) is 3. The van der Waals surface area contributed by atoms with Gasteiger partial charge in [0, 0.05) is 17.4 Å². The van der Waals surface area contributed by atoms with Gasteiger partial charge in [0.2, 0.25) is 0 Å². The Morgan fingerprint density at radius 1 is 1.26 bits per heavy atom. The van der Waals surface area contributed by atoms with Gasteiger partial charge in [0.1, 0.15) is 11.5 Å². The van der Waals surface area contributed by atoms with Crippen LogP contribution >= 0.6 is 22.9 Å². The maximum Gasteiger partial charge on any atom is 0.263 e. The molecule has 0 aliphatic carbocycles. The SMILES string of the molecule is Cc1cc(C(=O)N(Cc2cccnc2)c2nc3ccc(Cl)cc3s2)c(C)o1. The number of halogens is 1. The second-order valence-electron chi connectivity index (χ2n) is 6.19. The van der Waals surface area contributed by atoms with Crippen LogP contribution in [0.4, 0.5) is 5.13 Å². The fourth-order valence-electron chi connectivity index (χ4n) is 2.89. The monoisotopic (exact) mass is 397 g/mol. The molecule has 0 fully saturated rings. The van der Waals surface area contributed by atoms with Gasteiger partial charge in [-0.05, 0) is 49.7 Å². The number of rotatable bonds is 4. The third kappa shape index (κ3) is 3.59. The van der Waals surface area contributed by atoms with Crippen LogP contribution in [0.5, 0.6) is 0 Å². The summed E-state index contributed by atoms with van der Waals surface area (Å²) in [5, 5.41) is 1.25. The van der Waals surface area contributed by atoms with Crippen molar-refractivity contribution in [2.45, 2.75) is 20.4 Å². The zero-order chi connectivity index (χ0) is 19.0. The molecule has 0 saturated heterocycles. The van der Waals surface area contributed by atoms with E-state index in [1.165, 1.54) is 11.3 Å². The van der Waals surface area contributed by atoms with E-state index in [9.17, 15) is 4.79 Å². The van der Waals surface area contributed by atoms with Crippen molar-refractivity contribution in [3.8, 4) is 0 Å². The lowest BCUT2D eigenvalue weighted by Crippen LogP contribution is -2.30. The number of benzene rings is 1. The van der Waals surface area contributed by atoms with E-state index in [2.05, 4.69) is 9.97 Å². The van der Waals surface area contributed by atoms with Gasteiger partial charge < -0.3 is 4.42 Å².